The fraction of sp³-hybridized carbons (Fsp3) is 0.562. The Morgan fingerprint density at radius 3 is 2.70 bits per heavy atom. The Morgan fingerprint density at radius 1 is 1.30 bits per heavy atom. The minimum atomic E-state index is 0.250. The quantitative estimate of drug-likeness (QED) is 0.910. The highest BCUT2D eigenvalue weighted by atomic mass is 15.2. The summed E-state index contributed by atoms with van der Waals surface area (Å²) in [5.74, 6) is 1.08. The summed E-state index contributed by atoms with van der Waals surface area (Å²) in [6.45, 7) is 11.7. The van der Waals surface area contributed by atoms with Crippen LogP contribution >= 0.6 is 0 Å². The summed E-state index contributed by atoms with van der Waals surface area (Å²) in [7, 11) is 2.13. The fourth-order valence-electron chi connectivity index (χ4n) is 2.53. The van der Waals surface area contributed by atoms with Crippen LogP contribution in [0.2, 0.25) is 0 Å². The van der Waals surface area contributed by atoms with Crippen LogP contribution in [0, 0.1) is 5.41 Å². The van der Waals surface area contributed by atoms with Crippen molar-refractivity contribution in [3.05, 3.63) is 30.1 Å². The van der Waals surface area contributed by atoms with E-state index in [1.54, 1.807) is 0 Å². The summed E-state index contributed by atoms with van der Waals surface area (Å²) >= 11 is 0. The standard InChI is InChI=1S/C16H26N4/c1-6-17-11-13-15(19(5)12-16(2,3)4)18-14-9-7-8-10-20(13)14/h7-10,17H,6,11-12H2,1-5H3. The molecule has 2 heterocycles. The molecule has 0 saturated carbocycles. The molecule has 2 rings (SSSR count). The molecule has 0 radical (unpaired) electrons. The van der Waals surface area contributed by atoms with Gasteiger partial charge in [0.05, 0.1) is 5.69 Å². The van der Waals surface area contributed by atoms with Crippen LogP contribution in [0.5, 0.6) is 0 Å². The number of imidazole rings is 1. The Balaban J connectivity index is 2.40. The van der Waals surface area contributed by atoms with Crippen LogP contribution in [0.3, 0.4) is 0 Å². The summed E-state index contributed by atoms with van der Waals surface area (Å²) in [5, 5.41) is 3.41. The number of nitrogens with one attached hydrogen (secondary N) is 1. The van der Waals surface area contributed by atoms with Crippen molar-refractivity contribution in [1.29, 1.82) is 0 Å². The van der Waals surface area contributed by atoms with Gasteiger partial charge in [-0.05, 0) is 24.1 Å². The lowest BCUT2D eigenvalue weighted by atomic mass is 9.96. The first kappa shape index (κ1) is 14.9. The Kier molecular flexibility index (Phi) is 4.33. The van der Waals surface area contributed by atoms with Gasteiger partial charge in [0, 0.05) is 26.3 Å². The monoisotopic (exact) mass is 274 g/mol. The van der Waals surface area contributed by atoms with Gasteiger partial charge in [0.2, 0.25) is 0 Å². The van der Waals surface area contributed by atoms with E-state index >= 15 is 0 Å². The average Bonchev–Trinajstić information content (AvgIpc) is 2.73. The van der Waals surface area contributed by atoms with Gasteiger partial charge in [-0.2, -0.15) is 0 Å². The maximum atomic E-state index is 4.80. The second kappa shape index (κ2) is 5.83. The van der Waals surface area contributed by atoms with Crippen molar-refractivity contribution in [1.82, 2.24) is 14.7 Å². The third-order valence-corrected chi connectivity index (χ3v) is 3.22. The van der Waals surface area contributed by atoms with Gasteiger partial charge in [0.25, 0.3) is 0 Å². The van der Waals surface area contributed by atoms with Crippen LogP contribution < -0.4 is 10.2 Å². The molecule has 0 aromatic carbocycles. The number of hydrogen-bond donors (Lipinski definition) is 1. The molecule has 0 bridgehead atoms. The Morgan fingerprint density at radius 2 is 2.05 bits per heavy atom. The molecule has 110 valence electrons. The number of fused-ring (bicyclic) bond motifs is 1. The van der Waals surface area contributed by atoms with Gasteiger partial charge in [-0.25, -0.2) is 4.98 Å². The summed E-state index contributed by atoms with van der Waals surface area (Å²) in [5.41, 5.74) is 2.49. The smallest absolute Gasteiger partial charge is 0.152 e. The number of hydrogen-bond acceptors (Lipinski definition) is 3. The van der Waals surface area contributed by atoms with E-state index in [1.165, 1.54) is 5.69 Å². The van der Waals surface area contributed by atoms with Crippen molar-refractivity contribution in [2.24, 2.45) is 5.41 Å². The third kappa shape index (κ3) is 3.31. The molecule has 0 aliphatic carbocycles. The van der Waals surface area contributed by atoms with Crippen molar-refractivity contribution < 1.29 is 0 Å². The van der Waals surface area contributed by atoms with E-state index in [-0.39, 0.29) is 5.41 Å². The molecule has 0 aliphatic heterocycles. The lowest BCUT2D eigenvalue weighted by Gasteiger charge is -2.27. The van der Waals surface area contributed by atoms with E-state index in [1.807, 2.05) is 6.07 Å². The highest BCUT2D eigenvalue weighted by molar-refractivity contribution is 5.55. The first-order valence-electron chi connectivity index (χ1n) is 7.30. The molecule has 0 unspecified atom stereocenters. The molecule has 4 heteroatoms. The van der Waals surface area contributed by atoms with Crippen LogP contribution in [0.1, 0.15) is 33.4 Å². The molecule has 20 heavy (non-hydrogen) atoms. The van der Waals surface area contributed by atoms with E-state index in [4.69, 9.17) is 4.98 Å². The van der Waals surface area contributed by atoms with E-state index in [0.717, 1.165) is 31.1 Å². The minimum Gasteiger partial charge on any atom is -0.358 e. The van der Waals surface area contributed by atoms with Crippen molar-refractivity contribution in [2.75, 3.05) is 25.0 Å². The van der Waals surface area contributed by atoms with Gasteiger partial charge in [0.1, 0.15) is 5.65 Å². The van der Waals surface area contributed by atoms with Gasteiger partial charge in [-0.3, -0.25) is 0 Å². The lowest BCUT2D eigenvalue weighted by molar-refractivity contribution is 0.417. The maximum absolute atomic E-state index is 4.80. The SMILES string of the molecule is CCNCc1c(N(C)CC(C)(C)C)nc2ccccn12. The van der Waals surface area contributed by atoms with Gasteiger partial charge in [0.15, 0.2) is 5.82 Å². The van der Waals surface area contributed by atoms with Crippen LogP contribution in [0.15, 0.2) is 24.4 Å². The third-order valence-electron chi connectivity index (χ3n) is 3.22. The maximum Gasteiger partial charge on any atom is 0.152 e. The van der Waals surface area contributed by atoms with Crippen LogP contribution in [0.25, 0.3) is 5.65 Å². The number of aromatic nitrogens is 2. The largest absolute Gasteiger partial charge is 0.358 e. The highest BCUT2D eigenvalue weighted by Gasteiger charge is 2.19. The van der Waals surface area contributed by atoms with Crippen LogP contribution in [-0.2, 0) is 6.54 Å². The number of nitrogens with zero attached hydrogens (tertiary/aromatic N) is 3. The summed E-state index contributed by atoms with van der Waals surface area (Å²) in [6, 6.07) is 6.15. The number of anilines is 1. The van der Waals surface area contributed by atoms with E-state index < -0.39 is 0 Å². The molecule has 0 spiro atoms. The molecular weight excluding hydrogens is 248 g/mol. The molecule has 4 nitrogen and oxygen atoms in total. The molecule has 1 N–H and O–H groups in total. The molecule has 0 fully saturated rings. The molecule has 0 atom stereocenters. The highest BCUT2D eigenvalue weighted by Crippen LogP contribution is 2.24. The normalized spacial score (nSPS) is 12.1. The first-order chi connectivity index (χ1) is 9.42. The molecule has 0 aliphatic rings. The van der Waals surface area contributed by atoms with E-state index in [9.17, 15) is 0 Å². The van der Waals surface area contributed by atoms with Crippen molar-refractivity contribution in [2.45, 2.75) is 34.2 Å². The van der Waals surface area contributed by atoms with E-state index in [0.29, 0.717) is 0 Å². The number of rotatable bonds is 5. The second-order valence-electron chi connectivity index (χ2n) is 6.51. The zero-order valence-corrected chi connectivity index (χ0v) is 13.3. The van der Waals surface area contributed by atoms with Crippen molar-refractivity contribution in [3.8, 4) is 0 Å². The zero-order chi connectivity index (χ0) is 14.8. The second-order valence-corrected chi connectivity index (χ2v) is 6.51. The fourth-order valence-corrected chi connectivity index (χ4v) is 2.53. The predicted octanol–water partition coefficient (Wildman–Crippen LogP) is 2.93. The minimum absolute atomic E-state index is 0.250. The lowest BCUT2D eigenvalue weighted by Crippen LogP contribution is -2.30. The molecule has 0 amide bonds. The Labute approximate surface area is 121 Å². The molecule has 2 aromatic rings. The zero-order valence-electron chi connectivity index (χ0n) is 13.3. The Hall–Kier alpha value is -1.55. The van der Waals surface area contributed by atoms with Crippen LogP contribution in [-0.4, -0.2) is 29.5 Å². The first-order valence-corrected chi connectivity index (χ1v) is 7.30. The average molecular weight is 274 g/mol. The summed E-state index contributed by atoms with van der Waals surface area (Å²) < 4.78 is 2.18. The molecular formula is C16H26N4. The predicted molar refractivity (Wildman–Crippen MR) is 85.3 cm³/mol. The van der Waals surface area contributed by atoms with Crippen molar-refractivity contribution in [3.63, 3.8) is 0 Å². The van der Waals surface area contributed by atoms with Gasteiger partial charge < -0.3 is 14.6 Å². The summed E-state index contributed by atoms with van der Waals surface area (Å²) in [4.78, 5) is 7.06. The van der Waals surface area contributed by atoms with Gasteiger partial charge in [-0.15, -0.1) is 0 Å². The van der Waals surface area contributed by atoms with Gasteiger partial charge in [-0.1, -0.05) is 33.8 Å². The van der Waals surface area contributed by atoms with Crippen molar-refractivity contribution >= 4 is 11.5 Å². The molecule has 0 saturated heterocycles. The van der Waals surface area contributed by atoms with Gasteiger partial charge >= 0.3 is 0 Å². The summed E-state index contributed by atoms with van der Waals surface area (Å²) in [6.07, 6.45) is 2.09. The molecule has 2 aromatic heterocycles. The number of pyridine rings is 1. The van der Waals surface area contributed by atoms with E-state index in [2.05, 4.69) is 67.7 Å². The van der Waals surface area contributed by atoms with Crippen LogP contribution in [0.4, 0.5) is 5.82 Å². The topological polar surface area (TPSA) is 32.6 Å². The Bertz CT molecular complexity index is 565.